The number of hydrogen-bond acceptors (Lipinski definition) is 4. The molecular formula is C12H13N3O2. The fraction of sp³-hybridized carbons (Fsp3) is 0.250. The van der Waals surface area contributed by atoms with Crippen LogP contribution in [0.1, 0.15) is 22.5 Å². The third-order valence-corrected chi connectivity index (χ3v) is 2.50. The van der Waals surface area contributed by atoms with E-state index in [9.17, 15) is 4.79 Å². The maximum atomic E-state index is 11.7. The molecule has 0 bridgehead atoms. The second-order valence-electron chi connectivity index (χ2n) is 3.63. The monoisotopic (exact) mass is 231 g/mol. The summed E-state index contributed by atoms with van der Waals surface area (Å²) in [6.45, 7) is 0. The number of ether oxygens (including phenoxy) is 1. The Balaban J connectivity index is 1.91. The number of aromatic amines is 1. The lowest BCUT2D eigenvalue weighted by molar-refractivity contribution is 0.0978. The molecule has 5 nitrogen and oxygen atoms in total. The summed E-state index contributed by atoms with van der Waals surface area (Å²) in [4.78, 5) is 11.7. The van der Waals surface area contributed by atoms with Gasteiger partial charge in [0.15, 0.2) is 5.78 Å². The third kappa shape index (κ3) is 2.90. The molecule has 1 aromatic heterocycles. The summed E-state index contributed by atoms with van der Waals surface area (Å²) >= 11 is 0. The molecule has 5 heteroatoms. The lowest BCUT2D eigenvalue weighted by Crippen LogP contribution is -2.01. The summed E-state index contributed by atoms with van der Waals surface area (Å²) in [7, 11) is 1.63. The number of carbonyl (C=O) groups excluding carboxylic acids is 1. The molecule has 0 unspecified atom stereocenters. The molecule has 0 aliphatic rings. The van der Waals surface area contributed by atoms with Gasteiger partial charge in [0.1, 0.15) is 11.4 Å². The van der Waals surface area contributed by atoms with Gasteiger partial charge in [0.05, 0.1) is 13.3 Å². The summed E-state index contributed by atoms with van der Waals surface area (Å²) in [5.41, 5.74) is 1.49. The first kappa shape index (κ1) is 11.3. The van der Waals surface area contributed by atoms with Gasteiger partial charge in [-0.2, -0.15) is 15.4 Å². The number of methoxy groups -OCH3 is 1. The zero-order valence-electron chi connectivity index (χ0n) is 9.51. The van der Waals surface area contributed by atoms with Gasteiger partial charge in [0.25, 0.3) is 0 Å². The van der Waals surface area contributed by atoms with E-state index in [0.717, 1.165) is 11.3 Å². The van der Waals surface area contributed by atoms with Crippen molar-refractivity contribution < 1.29 is 9.53 Å². The second kappa shape index (κ2) is 5.25. The molecule has 1 heterocycles. The molecule has 2 aromatic rings. The molecule has 2 rings (SSSR count). The van der Waals surface area contributed by atoms with Crippen LogP contribution in [0.4, 0.5) is 0 Å². The molecule has 0 fully saturated rings. The van der Waals surface area contributed by atoms with E-state index in [-0.39, 0.29) is 5.78 Å². The highest BCUT2D eigenvalue weighted by molar-refractivity contribution is 5.93. The molecule has 0 aliphatic heterocycles. The van der Waals surface area contributed by atoms with Crippen LogP contribution in [0.15, 0.2) is 30.5 Å². The molecule has 17 heavy (non-hydrogen) atoms. The van der Waals surface area contributed by atoms with Gasteiger partial charge in [-0.25, -0.2) is 0 Å². The van der Waals surface area contributed by atoms with Crippen LogP contribution in [0.3, 0.4) is 0 Å². The van der Waals surface area contributed by atoms with E-state index in [1.165, 1.54) is 6.20 Å². The van der Waals surface area contributed by atoms with Gasteiger partial charge in [-0.1, -0.05) is 12.1 Å². The number of carbonyl (C=O) groups is 1. The molecule has 0 saturated carbocycles. The van der Waals surface area contributed by atoms with Crippen molar-refractivity contribution in [3.63, 3.8) is 0 Å². The van der Waals surface area contributed by atoms with Gasteiger partial charge in [0, 0.05) is 6.42 Å². The molecule has 0 atom stereocenters. The van der Waals surface area contributed by atoms with Crippen molar-refractivity contribution in [1.29, 1.82) is 0 Å². The predicted octanol–water partition coefficient (Wildman–Crippen LogP) is 1.63. The van der Waals surface area contributed by atoms with E-state index in [1.807, 2.05) is 24.3 Å². The Labute approximate surface area is 98.8 Å². The van der Waals surface area contributed by atoms with Crippen molar-refractivity contribution in [3.8, 4) is 5.75 Å². The molecule has 88 valence electrons. The van der Waals surface area contributed by atoms with Crippen LogP contribution >= 0.6 is 0 Å². The Morgan fingerprint density at radius 2 is 2.12 bits per heavy atom. The first-order valence-corrected chi connectivity index (χ1v) is 5.31. The van der Waals surface area contributed by atoms with Crippen LogP contribution in [-0.4, -0.2) is 28.3 Å². The molecule has 0 aliphatic carbocycles. The van der Waals surface area contributed by atoms with Crippen LogP contribution in [0.25, 0.3) is 0 Å². The fourth-order valence-corrected chi connectivity index (χ4v) is 1.51. The molecular weight excluding hydrogens is 218 g/mol. The predicted molar refractivity (Wildman–Crippen MR) is 62.0 cm³/mol. The number of hydrogen-bond donors (Lipinski definition) is 1. The van der Waals surface area contributed by atoms with E-state index in [4.69, 9.17) is 4.74 Å². The van der Waals surface area contributed by atoms with Crippen molar-refractivity contribution in [2.45, 2.75) is 12.8 Å². The number of ketones is 1. The molecule has 0 amide bonds. The summed E-state index contributed by atoms with van der Waals surface area (Å²) in [5, 5.41) is 9.78. The minimum absolute atomic E-state index is 0.00503. The van der Waals surface area contributed by atoms with Crippen LogP contribution in [-0.2, 0) is 6.42 Å². The molecule has 1 N–H and O–H groups in total. The average Bonchev–Trinajstić information content (AvgIpc) is 2.90. The van der Waals surface area contributed by atoms with Gasteiger partial charge in [-0.3, -0.25) is 4.79 Å². The number of Topliss-reactive ketones (excluding diaryl/α,β-unsaturated/α-hetero) is 1. The first-order chi connectivity index (χ1) is 8.29. The van der Waals surface area contributed by atoms with E-state index in [2.05, 4.69) is 15.4 Å². The lowest BCUT2D eigenvalue weighted by Gasteiger charge is -2.02. The van der Waals surface area contributed by atoms with E-state index >= 15 is 0 Å². The highest BCUT2D eigenvalue weighted by atomic mass is 16.5. The largest absolute Gasteiger partial charge is 0.497 e. The number of aryl methyl sites for hydroxylation is 1. The van der Waals surface area contributed by atoms with Crippen molar-refractivity contribution >= 4 is 5.78 Å². The molecule has 1 aromatic carbocycles. The normalized spacial score (nSPS) is 10.2. The minimum Gasteiger partial charge on any atom is -0.497 e. The van der Waals surface area contributed by atoms with Gasteiger partial charge < -0.3 is 4.74 Å². The third-order valence-electron chi connectivity index (χ3n) is 2.50. The number of rotatable bonds is 5. The lowest BCUT2D eigenvalue weighted by atomic mass is 10.1. The average molecular weight is 231 g/mol. The van der Waals surface area contributed by atoms with Crippen molar-refractivity contribution in [2.75, 3.05) is 7.11 Å². The maximum absolute atomic E-state index is 11.7. The van der Waals surface area contributed by atoms with Gasteiger partial charge in [-0.05, 0) is 24.1 Å². The number of benzene rings is 1. The van der Waals surface area contributed by atoms with Crippen molar-refractivity contribution in [2.24, 2.45) is 0 Å². The number of aromatic nitrogens is 3. The summed E-state index contributed by atoms with van der Waals surface area (Å²) in [6.07, 6.45) is 2.56. The number of nitrogens with zero attached hydrogens (tertiary/aromatic N) is 2. The Kier molecular flexibility index (Phi) is 3.49. The van der Waals surface area contributed by atoms with Crippen LogP contribution < -0.4 is 4.74 Å². The highest BCUT2D eigenvalue weighted by Gasteiger charge is 2.08. The maximum Gasteiger partial charge on any atom is 0.185 e. The number of nitrogens with one attached hydrogen (secondary N) is 1. The van der Waals surface area contributed by atoms with E-state index in [0.29, 0.717) is 18.5 Å². The first-order valence-electron chi connectivity index (χ1n) is 5.31. The van der Waals surface area contributed by atoms with Gasteiger partial charge >= 0.3 is 0 Å². The van der Waals surface area contributed by atoms with Crippen molar-refractivity contribution in [3.05, 3.63) is 41.7 Å². The molecule has 0 spiro atoms. The SMILES string of the molecule is COc1ccc(CCC(=O)c2cn[nH]n2)cc1. The summed E-state index contributed by atoms with van der Waals surface area (Å²) in [5.74, 6) is 0.811. The van der Waals surface area contributed by atoms with Crippen molar-refractivity contribution in [1.82, 2.24) is 15.4 Å². The Morgan fingerprint density at radius 1 is 1.35 bits per heavy atom. The Bertz CT molecular complexity index is 477. The van der Waals surface area contributed by atoms with E-state index in [1.54, 1.807) is 7.11 Å². The summed E-state index contributed by atoms with van der Waals surface area (Å²) in [6, 6.07) is 7.68. The zero-order valence-corrected chi connectivity index (χ0v) is 9.51. The van der Waals surface area contributed by atoms with Crippen LogP contribution in [0.2, 0.25) is 0 Å². The number of H-pyrrole nitrogens is 1. The van der Waals surface area contributed by atoms with E-state index < -0.39 is 0 Å². The fourth-order valence-electron chi connectivity index (χ4n) is 1.51. The molecule has 0 radical (unpaired) electrons. The highest BCUT2D eigenvalue weighted by Crippen LogP contribution is 2.13. The second-order valence-corrected chi connectivity index (χ2v) is 3.63. The molecule has 0 saturated heterocycles. The Hall–Kier alpha value is -2.17. The standard InChI is InChI=1S/C12H13N3O2/c1-17-10-5-2-9(3-6-10)4-7-12(16)11-8-13-15-14-11/h2-3,5-6,8H,4,7H2,1H3,(H,13,14,15). The minimum atomic E-state index is -0.00503. The van der Waals surface area contributed by atoms with Gasteiger partial charge in [-0.15, -0.1) is 0 Å². The quantitative estimate of drug-likeness (QED) is 0.794. The van der Waals surface area contributed by atoms with Crippen LogP contribution in [0.5, 0.6) is 5.75 Å². The topological polar surface area (TPSA) is 67.9 Å². The van der Waals surface area contributed by atoms with Gasteiger partial charge in [0.2, 0.25) is 0 Å². The zero-order chi connectivity index (χ0) is 12.1. The summed E-state index contributed by atoms with van der Waals surface area (Å²) < 4.78 is 5.06. The smallest absolute Gasteiger partial charge is 0.185 e. The van der Waals surface area contributed by atoms with Crippen LogP contribution in [0, 0.1) is 0 Å². The Morgan fingerprint density at radius 3 is 2.71 bits per heavy atom.